The molecule has 1 saturated heterocycles. The van der Waals surface area contributed by atoms with Crippen molar-refractivity contribution < 1.29 is 0 Å². The highest BCUT2D eigenvalue weighted by molar-refractivity contribution is 7.18. The van der Waals surface area contributed by atoms with Crippen molar-refractivity contribution in [2.24, 2.45) is 0 Å². The van der Waals surface area contributed by atoms with Crippen molar-refractivity contribution in [1.82, 2.24) is 15.3 Å². The first-order chi connectivity index (χ1) is 11.8. The van der Waals surface area contributed by atoms with Crippen molar-refractivity contribution in [3.05, 3.63) is 53.2 Å². The highest BCUT2D eigenvalue weighted by atomic mass is 32.1. The summed E-state index contributed by atoms with van der Waals surface area (Å²) in [7, 11) is 0. The second-order valence-electron chi connectivity index (χ2n) is 6.42. The van der Waals surface area contributed by atoms with Crippen LogP contribution in [-0.2, 0) is 6.54 Å². The highest BCUT2D eigenvalue weighted by Crippen LogP contribution is 2.32. The lowest BCUT2D eigenvalue weighted by atomic mass is 10.0. The maximum atomic E-state index is 4.57. The van der Waals surface area contributed by atoms with Crippen molar-refractivity contribution in [1.29, 1.82) is 0 Å². The Morgan fingerprint density at radius 1 is 1.17 bits per heavy atom. The number of thiophene rings is 1. The molecule has 0 saturated carbocycles. The zero-order valence-electron chi connectivity index (χ0n) is 13.9. The summed E-state index contributed by atoms with van der Waals surface area (Å²) in [5.41, 5.74) is 3.71. The molecule has 24 heavy (non-hydrogen) atoms. The van der Waals surface area contributed by atoms with Crippen molar-refractivity contribution in [3.8, 4) is 0 Å². The molecule has 0 bridgehead atoms. The number of aromatic nitrogens is 2. The van der Waals surface area contributed by atoms with Crippen LogP contribution in [0.5, 0.6) is 0 Å². The number of fused-ring (bicyclic) bond motifs is 1. The number of aryl methyl sites for hydroxylation is 1. The molecule has 1 aromatic carbocycles. The first-order valence-electron chi connectivity index (χ1n) is 8.52. The molecule has 1 aliphatic rings. The quantitative estimate of drug-likeness (QED) is 0.786. The minimum Gasteiger partial charge on any atom is -0.355 e. The van der Waals surface area contributed by atoms with Crippen LogP contribution in [0.25, 0.3) is 10.2 Å². The molecule has 124 valence electrons. The van der Waals surface area contributed by atoms with Gasteiger partial charge in [-0.1, -0.05) is 30.3 Å². The van der Waals surface area contributed by atoms with Gasteiger partial charge in [0.15, 0.2) is 0 Å². The fourth-order valence-electron chi connectivity index (χ4n) is 3.34. The fourth-order valence-corrected chi connectivity index (χ4v) is 4.35. The lowest BCUT2D eigenvalue weighted by Crippen LogP contribution is -2.42. The molecule has 1 N–H and O–H groups in total. The third-order valence-corrected chi connectivity index (χ3v) is 5.83. The van der Waals surface area contributed by atoms with E-state index >= 15 is 0 Å². The average molecular weight is 338 g/mol. The lowest BCUT2D eigenvalue weighted by Gasteiger charge is -2.33. The Labute approximate surface area is 146 Å². The van der Waals surface area contributed by atoms with E-state index in [1.165, 1.54) is 15.8 Å². The SMILES string of the molecule is Cc1csc2c(N3CCC(NCc4ccccc4)CC3)ncnc12. The fraction of sp³-hybridized carbons (Fsp3) is 0.368. The predicted molar refractivity (Wildman–Crippen MR) is 101 cm³/mol. The normalized spacial score (nSPS) is 16.0. The van der Waals surface area contributed by atoms with Crippen LogP contribution in [0.3, 0.4) is 0 Å². The summed E-state index contributed by atoms with van der Waals surface area (Å²) in [6.45, 7) is 5.17. The van der Waals surface area contributed by atoms with Gasteiger partial charge in [-0.25, -0.2) is 9.97 Å². The number of hydrogen-bond acceptors (Lipinski definition) is 5. The smallest absolute Gasteiger partial charge is 0.150 e. The van der Waals surface area contributed by atoms with Crippen molar-refractivity contribution >= 4 is 27.4 Å². The van der Waals surface area contributed by atoms with E-state index in [9.17, 15) is 0 Å². The van der Waals surface area contributed by atoms with Crippen LogP contribution in [0.1, 0.15) is 24.0 Å². The van der Waals surface area contributed by atoms with Gasteiger partial charge in [0.1, 0.15) is 12.1 Å². The molecule has 3 aromatic rings. The van der Waals surface area contributed by atoms with E-state index in [1.54, 1.807) is 17.7 Å². The third-order valence-electron chi connectivity index (χ3n) is 4.74. The standard InChI is InChI=1S/C19H22N4S/c1-14-12-24-18-17(14)21-13-22-19(18)23-9-7-16(8-10-23)20-11-15-5-3-2-4-6-15/h2-6,12-13,16,20H,7-11H2,1H3. The monoisotopic (exact) mass is 338 g/mol. The van der Waals surface area contributed by atoms with E-state index in [1.807, 2.05) is 0 Å². The number of anilines is 1. The topological polar surface area (TPSA) is 41.0 Å². The van der Waals surface area contributed by atoms with E-state index in [-0.39, 0.29) is 0 Å². The predicted octanol–water partition coefficient (Wildman–Crippen LogP) is 3.76. The van der Waals surface area contributed by atoms with Gasteiger partial charge in [-0.2, -0.15) is 0 Å². The minimum atomic E-state index is 0.587. The Balaban J connectivity index is 1.39. The van der Waals surface area contributed by atoms with E-state index in [0.29, 0.717) is 6.04 Å². The molecule has 2 aromatic heterocycles. The Kier molecular flexibility index (Phi) is 4.45. The second kappa shape index (κ2) is 6.87. The highest BCUT2D eigenvalue weighted by Gasteiger charge is 2.22. The Morgan fingerprint density at radius 3 is 2.75 bits per heavy atom. The zero-order valence-corrected chi connectivity index (χ0v) is 14.7. The van der Waals surface area contributed by atoms with Crippen LogP contribution in [0.4, 0.5) is 5.82 Å². The summed E-state index contributed by atoms with van der Waals surface area (Å²) >= 11 is 1.76. The minimum absolute atomic E-state index is 0.587. The van der Waals surface area contributed by atoms with Crippen molar-refractivity contribution in [3.63, 3.8) is 0 Å². The van der Waals surface area contributed by atoms with Gasteiger partial charge in [0, 0.05) is 25.7 Å². The molecular weight excluding hydrogens is 316 g/mol. The van der Waals surface area contributed by atoms with Crippen LogP contribution < -0.4 is 10.2 Å². The summed E-state index contributed by atoms with van der Waals surface area (Å²) < 4.78 is 1.23. The molecule has 3 heterocycles. The average Bonchev–Trinajstić information content (AvgIpc) is 3.03. The molecule has 4 rings (SSSR count). The summed E-state index contributed by atoms with van der Waals surface area (Å²) in [5.74, 6) is 1.11. The summed E-state index contributed by atoms with van der Waals surface area (Å²) in [6.07, 6.45) is 4.02. The number of hydrogen-bond donors (Lipinski definition) is 1. The van der Waals surface area contributed by atoms with Crippen molar-refractivity contribution in [2.75, 3.05) is 18.0 Å². The number of nitrogens with zero attached hydrogens (tertiary/aromatic N) is 3. The number of nitrogens with one attached hydrogen (secondary N) is 1. The molecule has 5 heteroatoms. The van der Waals surface area contributed by atoms with Crippen molar-refractivity contribution in [2.45, 2.75) is 32.4 Å². The second-order valence-corrected chi connectivity index (χ2v) is 7.30. The Hall–Kier alpha value is -1.98. The van der Waals surface area contributed by atoms with Gasteiger partial charge in [0.05, 0.1) is 10.2 Å². The van der Waals surface area contributed by atoms with Gasteiger partial charge in [-0.05, 0) is 36.3 Å². The number of rotatable bonds is 4. The first kappa shape index (κ1) is 15.5. The largest absolute Gasteiger partial charge is 0.355 e. The summed E-state index contributed by atoms with van der Waals surface area (Å²) in [4.78, 5) is 11.4. The number of benzene rings is 1. The zero-order chi connectivity index (χ0) is 16.4. The third kappa shape index (κ3) is 3.14. The van der Waals surface area contributed by atoms with Crippen LogP contribution in [0.15, 0.2) is 42.0 Å². The lowest BCUT2D eigenvalue weighted by molar-refractivity contribution is 0.413. The summed E-state index contributed by atoms with van der Waals surface area (Å²) in [5, 5.41) is 5.87. The van der Waals surface area contributed by atoms with Gasteiger partial charge in [0.2, 0.25) is 0 Å². The molecule has 0 atom stereocenters. The van der Waals surface area contributed by atoms with Gasteiger partial charge < -0.3 is 10.2 Å². The molecule has 0 unspecified atom stereocenters. The van der Waals surface area contributed by atoms with Crippen LogP contribution in [0.2, 0.25) is 0 Å². The molecule has 0 radical (unpaired) electrons. The summed E-state index contributed by atoms with van der Waals surface area (Å²) in [6, 6.07) is 11.2. The Bertz CT molecular complexity index is 807. The molecule has 0 aliphatic carbocycles. The molecule has 0 spiro atoms. The van der Waals surface area contributed by atoms with Gasteiger partial charge in [-0.15, -0.1) is 11.3 Å². The molecule has 4 nitrogen and oxygen atoms in total. The molecule has 1 aliphatic heterocycles. The maximum absolute atomic E-state index is 4.57. The van der Waals surface area contributed by atoms with Crippen LogP contribution in [0, 0.1) is 6.92 Å². The first-order valence-corrected chi connectivity index (χ1v) is 9.40. The van der Waals surface area contributed by atoms with Gasteiger partial charge in [0.25, 0.3) is 0 Å². The van der Waals surface area contributed by atoms with E-state index < -0.39 is 0 Å². The van der Waals surface area contributed by atoms with E-state index in [0.717, 1.165) is 43.8 Å². The maximum Gasteiger partial charge on any atom is 0.150 e. The van der Waals surface area contributed by atoms with E-state index in [4.69, 9.17) is 0 Å². The number of piperidine rings is 1. The van der Waals surface area contributed by atoms with E-state index in [2.05, 4.69) is 62.8 Å². The van der Waals surface area contributed by atoms with Crippen LogP contribution >= 0.6 is 11.3 Å². The molecular formula is C19H22N4S. The Morgan fingerprint density at radius 2 is 1.96 bits per heavy atom. The van der Waals surface area contributed by atoms with Gasteiger partial charge >= 0.3 is 0 Å². The van der Waals surface area contributed by atoms with Gasteiger partial charge in [-0.3, -0.25) is 0 Å². The van der Waals surface area contributed by atoms with Crippen LogP contribution in [-0.4, -0.2) is 29.1 Å². The molecule has 0 amide bonds. The molecule has 1 fully saturated rings.